The average Bonchev–Trinajstić information content (AvgIpc) is 3.56. The number of nitrogens with one attached hydrogen (secondary N) is 2. The lowest BCUT2D eigenvalue weighted by molar-refractivity contribution is 0.409. The molecule has 0 fully saturated rings. The van der Waals surface area contributed by atoms with Crippen LogP contribution in [0.2, 0.25) is 0 Å². The SMILES string of the molecule is c1ccc(C2N=C(c3cccc4c3sc3ccc5c6ccccc6sc5c34)NC(c3ccccc3)N2)cc1. The molecule has 2 atom stereocenters. The summed E-state index contributed by atoms with van der Waals surface area (Å²) in [4.78, 5) is 5.22. The average molecular weight is 526 g/mol. The fourth-order valence-corrected chi connectivity index (χ4v) is 8.12. The normalized spacial score (nSPS) is 17.7. The van der Waals surface area contributed by atoms with Gasteiger partial charge in [0.25, 0.3) is 0 Å². The fraction of sp³-hybridized carbons (Fsp3) is 0.0606. The maximum absolute atomic E-state index is 5.22. The van der Waals surface area contributed by atoms with E-state index in [1.165, 1.54) is 45.9 Å². The summed E-state index contributed by atoms with van der Waals surface area (Å²) in [6.45, 7) is 0. The van der Waals surface area contributed by atoms with Crippen molar-refractivity contribution in [1.82, 2.24) is 10.6 Å². The summed E-state index contributed by atoms with van der Waals surface area (Å²) in [5, 5.41) is 12.8. The van der Waals surface area contributed by atoms with Crippen LogP contribution in [0.5, 0.6) is 0 Å². The Morgan fingerprint density at radius 1 is 0.553 bits per heavy atom. The van der Waals surface area contributed by atoms with Gasteiger partial charge >= 0.3 is 0 Å². The third-order valence-electron chi connectivity index (χ3n) is 7.37. The van der Waals surface area contributed by atoms with Gasteiger partial charge in [0.1, 0.15) is 18.2 Å². The highest BCUT2D eigenvalue weighted by atomic mass is 32.1. The predicted molar refractivity (Wildman–Crippen MR) is 163 cm³/mol. The molecule has 3 heterocycles. The van der Waals surface area contributed by atoms with E-state index in [9.17, 15) is 0 Å². The molecule has 0 aliphatic carbocycles. The lowest BCUT2D eigenvalue weighted by Crippen LogP contribution is -2.44. The summed E-state index contributed by atoms with van der Waals surface area (Å²) in [5.74, 6) is 0.927. The van der Waals surface area contributed by atoms with Gasteiger partial charge in [0, 0.05) is 45.9 Å². The second-order valence-electron chi connectivity index (χ2n) is 9.64. The van der Waals surface area contributed by atoms with Crippen LogP contribution in [0.25, 0.3) is 40.3 Å². The van der Waals surface area contributed by atoms with E-state index in [2.05, 4.69) is 126 Å². The molecule has 182 valence electrons. The summed E-state index contributed by atoms with van der Waals surface area (Å²) in [5.41, 5.74) is 3.50. The van der Waals surface area contributed by atoms with E-state index in [4.69, 9.17) is 4.99 Å². The van der Waals surface area contributed by atoms with Crippen molar-refractivity contribution in [3.8, 4) is 0 Å². The number of nitrogens with zero attached hydrogens (tertiary/aromatic N) is 1. The number of benzene rings is 5. The minimum Gasteiger partial charge on any atom is -0.350 e. The van der Waals surface area contributed by atoms with E-state index in [1.807, 2.05) is 22.7 Å². The van der Waals surface area contributed by atoms with Crippen molar-refractivity contribution < 1.29 is 0 Å². The highest BCUT2D eigenvalue weighted by Crippen LogP contribution is 2.45. The molecule has 5 heteroatoms. The first kappa shape index (κ1) is 22.0. The second kappa shape index (κ2) is 8.77. The van der Waals surface area contributed by atoms with Gasteiger partial charge in [-0.25, -0.2) is 4.99 Å². The first-order valence-corrected chi connectivity index (χ1v) is 14.4. The molecule has 2 unspecified atom stereocenters. The molecule has 0 spiro atoms. The molecule has 1 aliphatic rings. The zero-order valence-electron chi connectivity index (χ0n) is 20.4. The van der Waals surface area contributed by atoms with Gasteiger partial charge in [-0.3, -0.25) is 5.32 Å². The molecule has 2 N–H and O–H groups in total. The summed E-state index contributed by atoms with van der Waals surface area (Å²) in [6, 6.07) is 41.0. The van der Waals surface area contributed by atoms with Crippen LogP contribution in [0, 0.1) is 0 Å². The highest BCUT2D eigenvalue weighted by molar-refractivity contribution is 7.30. The number of rotatable bonds is 3. The van der Waals surface area contributed by atoms with E-state index in [-0.39, 0.29) is 12.3 Å². The topological polar surface area (TPSA) is 36.4 Å². The van der Waals surface area contributed by atoms with E-state index < -0.39 is 0 Å². The van der Waals surface area contributed by atoms with Crippen LogP contribution in [0.15, 0.2) is 120 Å². The Morgan fingerprint density at radius 2 is 1.26 bits per heavy atom. The lowest BCUT2D eigenvalue weighted by Gasteiger charge is -2.32. The van der Waals surface area contributed by atoms with Crippen LogP contribution in [0.4, 0.5) is 0 Å². The number of fused-ring (bicyclic) bond motifs is 7. The van der Waals surface area contributed by atoms with Crippen molar-refractivity contribution in [2.75, 3.05) is 0 Å². The smallest absolute Gasteiger partial charge is 0.133 e. The molecule has 7 aromatic rings. The molecule has 38 heavy (non-hydrogen) atoms. The molecule has 8 rings (SSSR count). The molecule has 3 nitrogen and oxygen atoms in total. The molecule has 0 bridgehead atoms. The zero-order chi connectivity index (χ0) is 25.1. The predicted octanol–water partition coefficient (Wildman–Crippen LogP) is 8.76. The summed E-state index contributed by atoms with van der Waals surface area (Å²) < 4.78 is 5.31. The van der Waals surface area contributed by atoms with Gasteiger partial charge in [-0.05, 0) is 29.3 Å². The third-order valence-corrected chi connectivity index (χ3v) is 9.78. The van der Waals surface area contributed by atoms with Crippen molar-refractivity contribution in [2.45, 2.75) is 12.3 Å². The van der Waals surface area contributed by atoms with E-state index in [0.717, 1.165) is 17.0 Å². The van der Waals surface area contributed by atoms with Crippen LogP contribution in [-0.2, 0) is 0 Å². The standard InChI is InChI=1S/C33H23N3S2/c1-3-10-20(11-4-1)31-34-32(21-12-5-2-6-13-21)36-33(35-31)25-16-9-15-24-28-27(38-29(24)25)19-18-23-22-14-7-8-17-26(22)37-30(23)28/h1-19,31-32,34H,(H,35,36). The monoisotopic (exact) mass is 525 g/mol. The van der Waals surface area contributed by atoms with Crippen molar-refractivity contribution in [1.29, 1.82) is 0 Å². The quantitative estimate of drug-likeness (QED) is 0.242. The summed E-state index contributed by atoms with van der Waals surface area (Å²) in [7, 11) is 0. The minimum absolute atomic E-state index is 0.0483. The molecule has 0 saturated carbocycles. The van der Waals surface area contributed by atoms with Crippen LogP contribution in [-0.4, -0.2) is 5.84 Å². The Morgan fingerprint density at radius 3 is 2.11 bits per heavy atom. The first-order valence-electron chi connectivity index (χ1n) is 12.8. The zero-order valence-corrected chi connectivity index (χ0v) is 22.0. The first-order chi connectivity index (χ1) is 18.8. The van der Waals surface area contributed by atoms with Gasteiger partial charge in [-0.1, -0.05) is 97.1 Å². The third kappa shape index (κ3) is 3.47. The van der Waals surface area contributed by atoms with Gasteiger partial charge in [0.15, 0.2) is 0 Å². The maximum Gasteiger partial charge on any atom is 0.133 e. The van der Waals surface area contributed by atoms with Gasteiger partial charge in [0.2, 0.25) is 0 Å². The van der Waals surface area contributed by atoms with E-state index in [1.54, 1.807) is 0 Å². The molecule has 0 saturated heterocycles. The molecule has 5 aromatic carbocycles. The Balaban J connectivity index is 1.34. The number of thiophene rings is 2. The van der Waals surface area contributed by atoms with E-state index in [0.29, 0.717) is 0 Å². The maximum atomic E-state index is 5.22. The molecule has 1 aliphatic heterocycles. The van der Waals surface area contributed by atoms with Gasteiger partial charge < -0.3 is 5.32 Å². The van der Waals surface area contributed by atoms with Gasteiger partial charge in [-0.15, -0.1) is 22.7 Å². The van der Waals surface area contributed by atoms with Crippen LogP contribution in [0.1, 0.15) is 29.0 Å². The van der Waals surface area contributed by atoms with E-state index >= 15 is 0 Å². The van der Waals surface area contributed by atoms with Gasteiger partial charge in [0.05, 0.1) is 0 Å². The Kier molecular flexibility index (Phi) is 5.08. The second-order valence-corrected chi connectivity index (χ2v) is 11.7. The molecule has 0 radical (unpaired) electrons. The number of hydrogen-bond donors (Lipinski definition) is 2. The Labute approximate surface area is 228 Å². The van der Waals surface area contributed by atoms with Crippen molar-refractivity contribution in [2.24, 2.45) is 4.99 Å². The number of amidine groups is 1. The molecule has 2 aromatic heterocycles. The van der Waals surface area contributed by atoms with Crippen LogP contribution >= 0.6 is 22.7 Å². The number of aliphatic imine (C=N–C) groups is 1. The summed E-state index contributed by atoms with van der Waals surface area (Å²) in [6.07, 6.45) is -0.190. The fourth-order valence-electron chi connectivity index (χ4n) is 5.57. The minimum atomic E-state index is -0.142. The Hall–Kier alpha value is -4.03. The Bertz CT molecular complexity index is 1990. The van der Waals surface area contributed by atoms with Crippen molar-refractivity contribution in [3.63, 3.8) is 0 Å². The molecular weight excluding hydrogens is 503 g/mol. The summed E-state index contributed by atoms with van der Waals surface area (Å²) >= 11 is 3.76. The van der Waals surface area contributed by atoms with Crippen LogP contribution < -0.4 is 10.6 Å². The molecular formula is C33H23N3S2. The van der Waals surface area contributed by atoms with Crippen molar-refractivity contribution in [3.05, 3.63) is 132 Å². The largest absolute Gasteiger partial charge is 0.350 e. The van der Waals surface area contributed by atoms with Crippen LogP contribution in [0.3, 0.4) is 0 Å². The van der Waals surface area contributed by atoms with Crippen molar-refractivity contribution >= 4 is 68.9 Å². The number of hydrogen-bond acceptors (Lipinski definition) is 5. The highest BCUT2D eigenvalue weighted by Gasteiger charge is 2.26. The lowest BCUT2D eigenvalue weighted by atomic mass is 10.0. The van der Waals surface area contributed by atoms with Gasteiger partial charge in [-0.2, -0.15) is 0 Å². The molecule has 0 amide bonds.